The van der Waals surface area contributed by atoms with E-state index in [-0.39, 0.29) is 25.7 Å². The van der Waals surface area contributed by atoms with Crippen LogP contribution >= 0.6 is 15.6 Å². The Kier molecular flexibility index (Phi) is 56.0. The molecule has 0 aliphatic carbocycles. The van der Waals surface area contributed by atoms with Crippen molar-refractivity contribution in [2.45, 2.75) is 324 Å². The molecule has 0 bridgehead atoms. The molecule has 6 atom stereocenters. The van der Waals surface area contributed by atoms with Crippen LogP contribution in [-0.2, 0) is 65.4 Å². The first-order chi connectivity index (χ1) is 41.3. The monoisotopic (exact) mass is 1260 g/mol. The van der Waals surface area contributed by atoms with E-state index in [9.17, 15) is 43.2 Å². The molecule has 0 radical (unpaired) electrons. The summed E-state index contributed by atoms with van der Waals surface area (Å²) in [6.07, 6.45) is 42.7. The maximum absolute atomic E-state index is 13.0. The van der Waals surface area contributed by atoms with E-state index in [2.05, 4.69) is 72.8 Å². The Labute approximate surface area is 522 Å². The molecule has 0 saturated heterocycles. The van der Waals surface area contributed by atoms with Gasteiger partial charge in [-0.25, -0.2) is 9.13 Å². The molecule has 0 rings (SSSR count). The first-order valence-electron chi connectivity index (χ1n) is 34.2. The van der Waals surface area contributed by atoms with Gasteiger partial charge >= 0.3 is 39.5 Å². The number of hydrogen-bond acceptors (Lipinski definition) is 15. The molecule has 0 heterocycles. The van der Waals surface area contributed by atoms with Crippen LogP contribution in [0.3, 0.4) is 0 Å². The van der Waals surface area contributed by atoms with Crippen molar-refractivity contribution in [3.05, 3.63) is 24.3 Å². The number of ether oxygens (including phenoxy) is 4. The lowest BCUT2D eigenvalue weighted by Crippen LogP contribution is -2.30. The number of aliphatic hydroxyl groups excluding tert-OH is 1. The molecular weight excluding hydrogens is 1140 g/mol. The largest absolute Gasteiger partial charge is 0.472 e. The van der Waals surface area contributed by atoms with Crippen LogP contribution in [0.25, 0.3) is 0 Å². The molecule has 506 valence electrons. The minimum atomic E-state index is -4.96. The van der Waals surface area contributed by atoms with Crippen LogP contribution < -0.4 is 0 Å². The van der Waals surface area contributed by atoms with Gasteiger partial charge < -0.3 is 33.8 Å². The number of allylic oxidation sites excluding steroid dienone is 4. The van der Waals surface area contributed by atoms with Crippen LogP contribution in [0.1, 0.15) is 305 Å². The average molecular weight is 1270 g/mol. The normalized spacial score (nSPS) is 14.8. The smallest absolute Gasteiger partial charge is 0.462 e. The van der Waals surface area contributed by atoms with Gasteiger partial charge in [0.05, 0.1) is 26.4 Å². The molecule has 3 N–H and O–H groups in total. The van der Waals surface area contributed by atoms with Crippen LogP contribution in [0.2, 0.25) is 0 Å². The second kappa shape index (κ2) is 57.7. The molecule has 0 saturated carbocycles. The molecule has 0 aromatic rings. The first kappa shape index (κ1) is 83.5. The molecule has 17 nitrogen and oxygen atoms in total. The fraction of sp³-hybridized carbons (Fsp3) is 0.881. The van der Waals surface area contributed by atoms with Crippen LogP contribution in [-0.4, -0.2) is 96.7 Å². The van der Waals surface area contributed by atoms with Crippen LogP contribution in [0.15, 0.2) is 24.3 Å². The van der Waals surface area contributed by atoms with Crippen molar-refractivity contribution in [2.24, 2.45) is 17.8 Å². The molecular formula is C67H126O17P2. The average Bonchev–Trinajstić information content (AvgIpc) is 3.58. The number of unbranched alkanes of at least 4 members (excludes halogenated alkanes) is 27. The number of rotatable bonds is 63. The molecule has 0 aromatic carbocycles. The quantitative estimate of drug-likeness (QED) is 0.0169. The van der Waals surface area contributed by atoms with E-state index in [0.717, 1.165) is 127 Å². The maximum Gasteiger partial charge on any atom is 0.472 e. The minimum absolute atomic E-state index is 0.0834. The number of carbonyl (C=O) groups excluding carboxylic acids is 4. The summed E-state index contributed by atoms with van der Waals surface area (Å²) in [4.78, 5) is 72.3. The van der Waals surface area contributed by atoms with Gasteiger partial charge in [0.2, 0.25) is 0 Å². The Morgan fingerprint density at radius 3 is 1.03 bits per heavy atom. The first-order valence-corrected chi connectivity index (χ1v) is 37.2. The fourth-order valence-electron chi connectivity index (χ4n) is 9.44. The van der Waals surface area contributed by atoms with Crippen molar-refractivity contribution in [2.75, 3.05) is 39.6 Å². The molecule has 86 heavy (non-hydrogen) atoms. The minimum Gasteiger partial charge on any atom is -0.462 e. The number of esters is 4. The van der Waals surface area contributed by atoms with Crippen LogP contribution in [0.4, 0.5) is 0 Å². The molecule has 0 amide bonds. The van der Waals surface area contributed by atoms with Gasteiger partial charge in [0, 0.05) is 25.7 Å². The number of carbonyl (C=O) groups is 4. The molecule has 0 aromatic heterocycles. The predicted octanol–water partition coefficient (Wildman–Crippen LogP) is 18.2. The van der Waals surface area contributed by atoms with Crippen LogP contribution in [0.5, 0.6) is 0 Å². The molecule has 0 aliphatic rings. The number of hydrogen-bond donors (Lipinski definition) is 3. The summed E-state index contributed by atoms with van der Waals surface area (Å²) in [7, 11) is -9.91. The van der Waals surface area contributed by atoms with Gasteiger partial charge in [-0.3, -0.25) is 37.3 Å². The summed E-state index contributed by atoms with van der Waals surface area (Å²) in [5.74, 6) is -0.0257. The van der Waals surface area contributed by atoms with Crippen molar-refractivity contribution in [1.82, 2.24) is 0 Å². The van der Waals surface area contributed by atoms with Gasteiger partial charge in [0.15, 0.2) is 12.2 Å². The van der Waals surface area contributed by atoms with Gasteiger partial charge in [-0.15, -0.1) is 0 Å². The van der Waals surface area contributed by atoms with Gasteiger partial charge in [0.1, 0.15) is 19.3 Å². The number of phosphoric acid groups is 2. The Morgan fingerprint density at radius 2 is 0.686 bits per heavy atom. The third-order valence-electron chi connectivity index (χ3n) is 15.1. The zero-order valence-electron chi connectivity index (χ0n) is 55.3. The molecule has 0 aliphatic heterocycles. The Hall–Kier alpha value is -2.46. The summed E-state index contributed by atoms with van der Waals surface area (Å²) >= 11 is 0. The Balaban J connectivity index is 5.28. The summed E-state index contributed by atoms with van der Waals surface area (Å²) in [6, 6.07) is 0. The van der Waals surface area contributed by atoms with Gasteiger partial charge in [-0.2, -0.15) is 0 Å². The lowest BCUT2D eigenvalue weighted by Gasteiger charge is -2.21. The predicted molar refractivity (Wildman–Crippen MR) is 344 cm³/mol. The van der Waals surface area contributed by atoms with Gasteiger partial charge in [-0.1, -0.05) is 253 Å². The third-order valence-corrected chi connectivity index (χ3v) is 17.0. The molecule has 3 unspecified atom stereocenters. The summed E-state index contributed by atoms with van der Waals surface area (Å²) in [5, 5.41) is 10.6. The van der Waals surface area contributed by atoms with Crippen molar-refractivity contribution >= 4 is 39.5 Å². The maximum atomic E-state index is 13.0. The SMILES string of the molecule is CCCCCC/C=C\C=C/CCCCCCCC(=O)O[C@H](COC(=O)CCCCCCCCC(C)CC)COP(=O)(O)OC[C@@H](O)COP(=O)(O)OC[C@@H](COC(=O)CCCCCCCCC(C)C)OC(=O)CCCCCCCCCCCC(C)C. The highest BCUT2D eigenvalue weighted by molar-refractivity contribution is 7.47. The summed E-state index contributed by atoms with van der Waals surface area (Å²) in [5.41, 5.74) is 0. The third kappa shape index (κ3) is 59.2. The zero-order valence-corrected chi connectivity index (χ0v) is 57.0. The van der Waals surface area contributed by atoms with E-state index < -0.39 is 97.5 Å². The van der Waals surface area contributed by atoms with Crippen molar-refractivity contribution in [3.63, 3.8) is 0 Å². The second-order valence-corrected chi connectivity index (χ2v) is 27.6. The number of aliphatic hydroxyl groups is 1. The topological polar surface area (TPSA) is 237 Å². The van der Waals surface area contributed by atoms with Gasteiger partial charge in [0.25, 0.3) is 0 Å². The second-order valence-electron chi connectivity index (χ2n) is 24.7. The Bertz CT molecular complexity index is 1790. The lowest BCUT2D eigenvalue weighted by atomic mass is 10.00. The van der Waals surface area contributed by atoms with Crippen LogP contribution in [0, 0.1) is 17.8 Å². The highest BCUT2D eigenvalue weighted by Crippen LogP contribution is 2.45. The van der Waals surface area contributed by atoms with Crippen molar-refractivity contribution in [3.8, 4) is 0 Å². The molecule has 0 fully saturated rings. The fourth-order valence-corrected chi connectivity index (χ4v) is 11.0. The van der Waals surface area contributed by atoms with Crippen molar-refractivity contribution < 1.29 is 80.2 Å². The summed E-state index contributed by atoms with van der Waals surface area (Å²) < 4.78 is 68.0. The highest BCUT2D eigenvalue weighted by Gasteiger charge is 2.30. The molecule has 19 heteroatoms. The summed E-state index contributed by atoms with van der Waals surface area (Å²) in [6.45, 7) is 11.6. The molecule has 0 spiro atoms. The lowest BCUT2D eigenvalue weighted by molar-refractivity contribution is -0.161. The van der Waals surface area contributed by atoms with E-state index in [0.29, 0.717) is 31.6 Å². The van der Waals surface area contributed by atoms with E-state index >= 15 is 0 Å². The highest BCUT2D eigenvalue weighted by atomic mass is 31.2. The Morgan fingerprint density at radius 1 is 0.384 bits per heavy atom. The number of phosphoric ester groups is 2. The van der Waals surface area contributed by atoms with Crippen molar-refractivity contribution in [1.29, 1.82) is 0 Å². The van der Waals surface area contributed by atoms with E-state index in [1.165, 1.54) is 89.9 Å². The van der Waals surface area contributed by atoms with E-state index in [4.69, 9.17) is 37.0 Å². The van der Waals surface area contributed by atoms with Gasteiger partial charge in [-0.05, 0) is 69.1 Å². The van der Waals surface area contributed by atoms with E-state index in [1.54, 1.807) is 0 Å². The van der Waals surface area contributed by atoms with E-state index in [1.807, 2.05) is 0 Å². The standard InChI is InChI=1S/C67H126O17P2/c1-8-10-11-12-13-14-15-16-17-18-19-22-25-36-43-50-66(71)83-63(55-78-65(70)49-42-35-30-28-33-40-47-60(7)9-2)57-82-86(75,76)80-53-61(68)52-79-85(73,74)81-56-62(54-77-64(69)48-41-34-29-27-32-39-46-59(5)6)84-67(72)51-44-37-26-23-20-21-24-31-38-45-58(3)4/h14-17,58-63,68H,8-13,18-57H2,1-7H3,(H,73,74)(H,75,76)/b15-14-,17-16-/t60?,61-,62+,63+/m0/s1. The zero-order chi connectivity index (χ0) is 63.8.